The topological polar surface area (TPSA) is 66.2 Å². The highest BCUT2D eigenvalue weighted by atomic mass is 32.2. The monoisotopic (exact) mass is 349 g/mol. The Hall–Kier alpha value is -2.02. The number of hydrogen-bond donors (Lipinski definition) is 0. The first-order valence-electron chi connectivity index (χ1n) is 8.06. The minimum Gasteiger partial charge on any atom is -0.496 e. The predicted octanol–water partition coefficient (Wildman–Crippen LogP) is 3.41. The Morgan fingerprint density at radius 3 is 2.75 bits per heavy atom. The zero-order chi connectivity index (χ0) is 17.4. The van der Waals surface area contributed by atoms with E-state index in [2.05, 4.69) is 21.7 Å². The van der Waals surface area contributed by atoms with Crippen LogP contribution in [0.15, 0.2) is 29.4 Å². The Morgan fingerprint density at radius 2 is 2.04 bits per heavy atom. The molecule has 1 heterocycles. The lowest BCUT2D eigenvalue weighted by Gasteiger charge is -2.10. The van der Waals surface area contributed by atoms with Crippen LogP contribution in [0.4, 0.5) is 0 Å². The van der Waals surface area contributed by atoms with Crippen molar-refractivity contribution in [2.75, 3.05) is 19.5 Å². The number of benzene rings is 1. The number of carbonyl (C=O) groups excluding carboxylic acids is 1. The van der Waals surface area contributed by atoms with Crippen LogP contribution in [0.3, 0.4) is 0 Å². The average Bonchev–Trinajstić information content (AvgIpc) is 3.01. The second-order valence-corrected chi connectivity index (χ2v) is 6.07. The molecule has 7 heteroatoms. The summed E-state index contributed by atoms with van der Waals surface area (Å²) < 4.78 is 12.4. The van der Waals surface area contributed by atoms with Crippen LogP contribution in [-0.2, 0) is 16.1 Å². The third-order valence-corrected chi connectivity index (χ3v) is 4.50. The van der Waals surface area contributed by atoms with Gasteiger partial charge < -0.3 is 14.0 Å². The van der Waals surface area contributed by atoms with E-state index < -0.39 is 0 Å². The molecular formula is C17H23N3O3S. The van der Waals surface area contributed by atoms with E-state index in [0.29, 0.717) is 13.0 Å². The fourth-order valence-corrected chi connectivity index (χ4v) is 3.26. The Balaban J connectivity index is 2.05. The summed E-state index contributed by atoms with van der Waals surface area (Å²) in [6.07, 6.45) is 1.19. The van der Waals surface area contributed by atoms with E-state index in [4.69, 9.17) is 9.47 Å². The molecule has 1 aromatic heterocycles. The van der Waals surface area contributed by atoms with Crippen molar-refractivity contribution in [3.8, 4) is 17.1 Å². The molecule has 0 spiro atoms. The lowest BCUT2D eigenvalue weighted by molar-refractivity contribution is -0.143. The van der Waals surface area contributed by atoms with Crippen LogP contribution in [0, 0.1) is 0 Å². The molecule has 130 valence electrons. The highest BCUT2D eigenvalue weighted by Crippen LogP contribution is 2.30. The van der Waals surface area contributed by atoms with Gasteiger partial charge in [-0.25, -0.2) is 0 Å². The molecule has 2 rings (SSSR count). The molecule has 0 unspecified atom stereocenters. The summed E-state index contributed by atoms with van der Waals surface area (Å²) in [5, 5.41) is 9.47. The van der Waals surface area contributed by atoms with Crippen LogP contribution in [-0.4, -0.2) is 40.2 Å². The SMILES string of the molecule is CCOC(=O)CCCSc1nnc(-c2ccccc2OC)n1CC. The highest BCUT2D eigenvalue weighted by molar-refractivity contribution is 7.99. The summed E-state index contributed by atoms with van der Waals surface area (Å²) in [5.74, 6) is 2.22. The molecule has 0 radical (unpaired) electrons. The van der Waals surface area contributed by atoms with Gasteiger partial charge >= 0.3 is 5.97 Å². The Labute approximate surface area is 146 Å². The van der Waals surface area contributed by atoms with Crippen LogP contribution in [0.2, 0.25) is 0 Å². The van der Waals surface area contributed by atoms with Crippen molar-refractivity contribution >= 4 is 17.7 Å². The van der Waals surface area contributed by atoms with E-state index in [0.717, 1.165) is 41.0 Å². The van der Waals surface area contributed by atoms with Gasteiger partial charge in [0.2, 0.25) is 0 Å². The molecule has 24 heavy (non-hydrogen) atoms. The molecule has 1 aromatic carbocycles. The molecule has 0 saturated carbocycles. The quantitative estimate of drug-likeness (QED) is 0.393. The molecule has 0 saturated heterocycles. The number of methoxy groups -OCH3 is 1. The lowest BCUT2D eigenvalue weighted by atomic mass is 10.2. The molecule has 0 N–H and O–H groups in total. The predicted molar refractivity (Wildman–Crippen MR) is 94.3 cm³/mol. The number of hydrogen-bond acceptors (Lipinski definition) is 6. The van der Waals surface area contributed by atoms with Crippen LogP contribution >= 0.6 is 11.8 Å². The van der Waals surface area contributed by atoms with Crippen molar-refractivity contribution in [2.45, 2.75) is 38.4 Å². The van der Waals surface area contributed by atoms with Gasteiger partial charge in [0.15, 0.2) is 11.0 Å². The molecular weight excluding hydrogens is 326 g/mol. The zero-order valence-electron chi connectivity index (χ0n) is 14.3. The molecule has 0 aliphatic carbocycles. The molecule has 6 nitrogen and oxygen atoms in total. The molecule has 0 atom stereocenters. The normalized spacial score (nSPS) is 10.6. The smallest absolute Gasteiger partial charge is 0.305 e. The number of carbonyl (C=O) groups is 1. The first kappa shape index (κ1) is 18.3. The minimum absolute atomic E-state index is 0.148. The lowest BCUT2D eigenvalue weighted by Crippen LogP contribution is -2.04. The van der Waals surface area contributed by atoms with Crippen molar-refractivity contribution in [2.24, 2.45) is 0 Å². The summed E-state index contributed by atoms with van der Waals surface area (Å²) >= 11 is 1.60. The van der Waals surface area contributed by atoms with Gasteiger partial charge in [0.1, 0.15) is 5.75 Å². The zero-order valence-corrected chi connectivity index (χ0v) is 15.1. The number of ether oxygens (including phenoxy) is 2. The third-order valence-electron chi connectivity index (χ3n) is 3.44. The number of rotatable bonds is 9. The van der Waals surface area contributed by atoms with E-state index in [1.54, 1.807) is 18.9 Å². The second-order valence-electron chi connectivity index (χ2n) is 5.01. The molecule has 0 aliphatic heterocycles. The van der Waals surface area contributed by atoms with Crippen molar-refractivity contribution in [1.82, 2.24) is 14.8 Å². The average molecular weight is 349 g/mol. The molecule has 0 amide bonds. The number of nitrogens with zero attached hydrogens (tertiary/aromatic N) is 3. The van der Waals surface area contributed by atoms with Crippen LogP contribution in [0.1, 0.15) is 26.7 Å². The number of esters is 1. The molecule has 0 bridgehead atoms. The van der Waals surface area contributed by atoms with Crippen molar-refractivity contribution in [3.05, 3.63) is 24.3 Å². The van der Waals surface area contributed by atoms with E-state index in [1.807, 2.05) is 31.2 Å². The van der Waals surface area contributed by atoms with E-state index in [9.17, 15) is 4.79 Å². The molecule has 2 aromatic rings. The van der Waals surface area contributed by atoms with E-state index in [1.165, 1.54) is 0 Å². The van der Waals surface area contributed by atoms with Gasteiger partial charge in [-0.1, -0.05) is 23.9 Å². The third kappa shape index (κ3) is 4.50. The van der Waals surface area contributed by atoms with Gasteiger partial charge in [-0.15, -0.1) is 10.2 Å². The number of para-hydroxylation sites is 1. The minimum atomic E-state index is -0.148. The van der Waals surface area contributed by atoms with Gasteiger partial charge in [-0.3, -0.25) is 4.79 Å². The maximum absolute atomic E-state index is 11.4. The molecule has 0 fully saturated rings. The maximum atomic E-state index is 11.4. The van der Waals surface area contributed by atoms with Crippen LogP contribution in [0.25, 0.3) is 11.4 Å². The first-order chi connectivity index (χ1) is 11.7. The Morgan fingerprint density at radius 1 is 1.25 bits per heavy atom. The van der Waals surface area contributed by atoms with Crippen LogP contribution in [0.5, 0.6) is 5.75 Å². The number of aromatic nitrogens is 3. The Kier molecular flexibility index (Phi) is 7.11. The number of thioether (sulfide) groups is 1. The molecule has 0 aliphatic rings. The summed E-state index contributed by atoms with van der Waals surface area (Å²) in [6, 6.07) is 7.78. The summed E-state index contributed by atoms with van der Waals surface area (Å²) in [5.41, 5.74) is 0.924. The fraction of sp³-hybridized carbons (Fsp3) is 0.471. The van der Waals surface area contributed by atoms with E-state index in [-0.39, 0.29) is 5.97 Å². The van der Waals surface area contributed by atoms with Crippen LogP contribution < -0.4 is 4.74 Å². The largest absolute Gasteiger partial charge is 0.496 e. The van der Waals surface area contributed by atoms with Gasteiger partial charge in [0, 0.05) is 18.7 Å². The second kappa shape index (κ2) is 9.32. The standard InChI is InChI=1S/C17H23N3O3S/c1-4-20-16(13-9-6-7-10-14(13)22-3)18-19-17(20)24-12-8-11-15(21)23-5-2/h6-7,9-10H,4-5,8,11-12H2,1-3H3. The van der Waals surface area contributed by atoms with Crippen molar-refractivity contribution in [1.29, 1.82) is 0 Å². The summed E-state index contributed by atoms with van der Waals surface area (Å²) in [7, 11) is 1.65. The van der Waals surface area contributed by atoms with Gasteiger partial charge in [-0.05, 0) is 32.4 Å². The highest BCUT2D eigenvalue weighted by Gasteiger charge is 2.16. The van der Waals surface area contributed by atoms with Gasteiger partial charge in [0.25, 0.3) is 0 Å². The van der Waals surface area contributed by atoms with E-state index >= 15 is 0 Å². The maximum Gasteiger partial charge on any atom is 0.305 e. The van der Waals surface area contributed by atoms with Gasteiger partial charge in [0.05, 0.1) is 19.3 Å². The summed E-state index contributed by atoms with van der Waals surface area (Å²) in [6.45, 7) is 5.07. The fourth-order valence-electron chi connectivity index (χ4n) is 2.32. The Bertz CT molecular complexity index is 673. The van der Waals surface area contributed by atoms with Crippen molar-refractivity contribution in [3.63, 3.8) is 0 Å². The van der Waals surface area contributed by atoms with Crippen molar-refractivity contribution < 1.29 is 14.3 Å². The summed E-state index contributed by atoms with van der Waals surface area (Å²) in [4.78, 5) is 11.4. The van der Waals surface area contributed by atoms with Gasteiger partial charge in [-0.2, -0.15) is 0 Å². The first-order valence-corrected chi connectivity index (χ1v) is 9.04.